The molecule has 2 aromatic carbocycles. The molecule has 8 nitrogen and oxygen atoms in total. The number of halogens is 2. The summed E-state index contributed by atoms with van der Waals surface area (Å²) >= 11 is 0. The largest absolute Gasteiger partial charge is 0.436 e. The van der Waals surface area contributed by atoms with Gasteiger partial charge in [-0.2, -0.15) is 0 Å². The smallest absolute Gasteiger partial charge is 0.333 e. The molecule has 0 saturated heterocycles. The van der Waals surface area contributed by atoms with E-state index in [1.807, 2.05) is 0 Å². The molecule has 2 atom stereocenters. The Balaban J connectivity index is 1.65. The fourth-order valence-corrected chi connectivity index (χ4v) is 4.90. The van der Waals surface area contributed by atoms with Crippen LogP contribution in [0.2, 0.25) is 0 Å². The average molecular weight is 601 g/mol. The molecule has 0 amide bonds. The second kappa shape index (κ2) is 12.4. The van der Waals surface area contributed by atoms with Crippen LogP contribution in [-0.4, -0.2) is 21.9 Å². The topological polar surface area (TPSA) is 130 Å². The van der Waals surface area contributed by atoms with Crippen LogP contribution in [0.25, 0.3) is 0 Å². The number of aromatic nitrogens is 2. The van der Waals surface area contributed by atoms with Gasteiger partial charge in [-0.05, 0) is 76.2 Å². The van der Waals surface area contributed by atoms with Gasteiger partial charge in [0.2, 0.25) is 0 Å². The molecule has 10 heteroatoms. The summed E-state index contributed by atoms with van der Waals surface area (Å²) in [5, 5.41) is 0. The lowest BCUT2D eigenvalue weighted by Gasteiger charge is -2.43. The fraction of sp³-hybridized carbons (Fsp3) is 0.235. The van der Waals surface area contributed by atoms with Crippen molar-refractivity contribution in [1.29, 1.82) is 0 Å². The predicted molar refractivity (Wildman–Crippen MR) is 160 cm³/mol. The lowest BCUT2D eigenvalue weighted by molar-refractivity contribution is -0.166. The van der Waals surface area contributed by atoms with Gasteiger partial charge in [-0.1, -0.05) is 36.4 Å². The molecule has 44 heavy (non-hydrogen) atoms. The van der Waals surface area contributed by atoms with Crippen molar-refractivity contribution >= 4 is 11.9 Å². The van der Waals surface area contributed by atoms with E-state index in [0.717, 1.165) is 24.3 Å². The van der Waals surface area contributed by atoms with Crippen LogP contribution in [0.15, 0.2) is 109 Å². The third-order valence-electron chi connectivity index (χ3n) is 7.85. The van der Waals surface area contributed by atoms with Crippen molar-refractivity contribution in [2.75, 3.05) is 0 Å². The van der Waals surface area contributed by atoms with Gasteiger partial charge < -0.3 is 9.47 Å². The van der Waals surface area contributed by atoms with Crippen LogP contribution in [0.5, 0.6) is 0 Å². The number of pyridine rings is 2. The zero-order chi connectivity index (χ0) is 32.2. The van der Waals surface area contributed by atoms with Gasteiger partial charge in [0, 0.05) is 35.7 Å². The minimum absolute atomic E-state index is 0.168. The summed E-state index contributed by atoms with van der Waals surface area (Å²) in [6.07, 6.45) is 4.78. The van der Waals surface area contributed by atoms with E-state index in [0.29, 0.717) is 11.4 Å². The standard InChI is InChI=1S/C34H34F2N4O4/c1-31(2,27-15-5-7-19-39-27)33(37,23-11-9-13-25(35)21-23)43-29(41)17-18-30(42)44-34(38,24-12-10-14-26(36)22-24)32(3,4)28-16-6-8-20-40-28/h5-22H,37-38H2,1-4H3/b18-17+/t33-,34-/m1/s1. The summed E-state index contributed by atoms with van der Waals surface area (Å²) in [4.78, 5) is 35.1. The normalized spacial score (nSPS) is 14.8. The fourth-order valence-electron chi connectivity index (χ4n) is 4.90. The summed E-state index contributed by atoms with van der Waals surface area (Å²) in [7, 11) is 0. The molecular weight excluding hydrogens is 566 g/mol. The molecule has 0 aliphatic heterocycles. The minimum Gasteiger partial charge on any atom is -0.436 e. The second-order valence-corrected chi connectivity index (χ2v) is 11.3. The van der Waals surface area contributed by atoms with Gasteiger partial charge in [-0.25, -0.2) is 18.4 Å². The van der Waals surface area contributed by atoms with Crippen LogP contribution in [0.4, 0.5) is 8.78 Å². The number of rotatable bonds is 10. The summed E-state index contributed by atoms with van der Waals surface area (Å²) in [6, 6.07) is 21.1. The van der Waals surface area contributed by atoms with Crippen molar-refractivity contribution in [3.05, 3.63) is 144 Å². The molecular formula is C34H34F2N4O4. The number of nitrogens with zero attached hydrogens (tertiary/aromatic N) is 2. The Kier molecular flexibility index (Phi) is 9.08. The van der Waals surface area contributed by atoms with Crippen molar-refractivity contribution in [2.45, 2.75) is 50.0 Å². The minimum atomic E-state index is -1.92. The highest BCUT2D eigenvalue weighted by molar-refractivity contribution is 5.92. The van der Waals surface area contributed by atoms with Gasteiger partial charge >= 0.3 is 11.9 Å². The Morgan fingerprint density at radius 1 is 0.636 bits per heavy atom. The lowest BCUT2D eigenvalue weighted by atomic mass is 9.74. The first-order valence-corrected chi connectivity index (χ1v) is 13.8. The lowest BCUT2D eigenvalue weighted by Crippen LogP contribution is -2.56. The van der Waals surface area contributed by atoms with Crippen molar-refractivity contribution in [3.63, 3.8) is 0 Å². The maximum absolute atomic E-state index is 14.3. The van der Waals surface area contributed by atoms with Crippen molar-refractivity contribution in [3.8, 4) is 0 Å². The molecule has 4 aromatic rings. The molecule has 0 fully saturated rings. The van der Waals surface area contributed by atoms with Crippen LogP contribution >= 0.6 is 0 Å². The van der Waals surface area contributed by atoms with Crippen molar-refractivity contribution in [1.82, 2.24) is 9.97 Å². The number of hydrogen-bond donors (Lipinski definition) is 2. The first-order valence-electron chi connectivity index (χ1n) is 13.8. The maximum atomic E-state index is 14.3. The summed E-state index contributed by atoms with van der Waals surface area (Å²) in [5.74, 6) is -3.21. The number of ether oxygens (including phenoxy) is 2. The Labute approximate surface area is 254 Å². The van der Waals surface area contributed by atoms with Crippen LogP contribution in [0.3, 0.4) is 0 Å². The number of hydrogen-bond acceptors (Lipinski definition) is 8. The van der Waals surface area contributed by atoms with Crippen LogP contribution in [-0.2, 0) is 41.3 Å². The molecule has 0 radical (unpaired) electrons. The molecule has 0 aliphatic carbocycles. The number of benzene rings is 2. The first-order chi connectivity index (χ1) is 20.7. The van der Waals surface area contributed by atoms with Crippen LogP contribution in [0, 0.1) is 11.6 Å². The van der Waals surface area contributed by atoms with Gasteiger partial charge in [-0.3, -0.25) is 21.4 Å². The Bertz CT molecular complexity index is 1540. The zero-order valence-electron chi connectivity index (χ0n) is 24.8. The Morgan fingerprint density at radius 2 is 1.02 bits per heavy atom. The highest BCUT2D eigenvalue weighted by Crippen LogP contribution is 2.42. The molecule has 0 unspecified atom stereocenters. The van der Waals surface area contributed by atoms with E-state index in [4.69, 9.17) is 20.9 Å². The molecule has 2 heterocycles. The highest BCUT2D eigenvalue weighted by Gasteiger charge is 2.50. The third kappa shape index (κ3) is 6.27. The average Bonchev–Trinajstić information content (AvgIpc) is 3.00. The number of carbonyl (C=O) groups excluding carboxylic acids is 2. The van der Waals surface area contributed by atoms with Crippen LogP contribution in [0.1, 0.15) is 50.2 Å². The molecule has 0 saturated carbocycles. The highest BCUT2D eigenvalue weighted by atomic mass is 19.1. The Morgan fingerprint density at radius 3 is 1.34 bits per heavy atom. The van der Waals surface area contributed by atoms with Crippen LogP contribution < -0.4 is 11.5 Å². The first kappa shape index (κ1) is 32.1. The van der Waals surface area contributed by atoms with E-state index >= 15 is 0 Å². The third-order valence-corrected chi connectivity index (χ3v) is 7.85. The molecule has 228 valence electrons. The quantitative estimate of drug-likeness (QED) is 0.143. The SMILES string of the molecule is CC(C)(c1ccccn1)[C@](N)(OC(=O)/C=C/C(=O)O[C@](N)(c1cccc(F)c1)C(C)(C)c1ccccn1)c1cccc(F)c1. The monoisotopic (exact) mass is 600 g/mol. The van der Waals surface area contributed by atoms with E-state index < -0.39 is 45.9 Å². The molecule has 4 N–H and O–H groups in total. The summed E-state index contributed by atoms with van der Waals surface area (Å²) in [6.45, 7) is 6.81. The van der Waals surface area contributed by atoms with E-state index in [1.54, 1.807) is 76.5 Å². The van der Waals surface area contributed by atoms with E-state index in [9.17, 15) is 18.4 Å². The summed E-state index contributed by atoms with van der Waals surface area (Å²) < 4.78 is 40.1. The summed E-state index contributed by atoms with van der Waals surface area (Å²) in [5.41, 5.74) is 8.63. The van der Waals surface area contributed by atoms with Crippen molar-refractivity contribution in [2.24, 2.45) is 11.5 Å². The molecule has 0 spiro atoms. The molecule has 4 rings (SSSR count). The molecule has 2 aromatic heterocycles. The molecule has 0 bridgehead atoms. The second-order valence-electron chi connectivity index (χ2n) is 11.3. The van der Waals surface area contributed by atoms with Crippen molar-refractivity contribution < 1.29 is 27.8 Å². The van der Waals surface area contributed by atoms with Gasteiger partial charge in [0.25, 0.3) is 0 Å². The van der Waals surface area contributed by atoms with E-state index in [-0.39, 0.29) is 11.1 Å². The van der Waals surface area contributed by atoms with Gasteiger partial charge in [0.05, 0.1) is 22.2 Å². The Hall–Kier alpha value is -4.80. The number of nitrogens with two attached hydrogens (primary N) is 2. The van der Waals surface area contributed by atoms with Gasteiger partial charge in [0.1, 0.15) is 11.6 Å². The van der Waals surface area contributed by atoms with E-state index in [2.05, 4.69) is 9.97 Å². The number of esters is 2. The predicted octanol–water partition coefficient (Wildman–Crippen LogP) is 5.28. The maximum Gasteiger partial charge on any atom is 0.333 e. The molecule has 0 aliphatic rings. The zero-order valence-corrected chi connectivity index (χ0v) is 24.8. The number of carbonyl (C=O) groups is 2. The van der Waals surface area contributed by atoms with Gasteiger partial charge in [-0.15, -0.1) is 0 Å². The van der Waals surface area contributed by atoms with Gasteiger partial charge in [0.15, 0.2) is 11.4 Å². The van der Waals surface area contributed by atoms with E-state index in [1.165, 1.54) is 36.4 Å².